The average Bonchev–Trinajstić information content (AvgIpc) is 2.18. The molecule has 0 aromatic carbocycles. The van der Waals surface area contributed by atoms with Gasteiger partial charge >= 0.3 is 0 Å². The van der Waals surface area contributed by atoms with E-state index < -0.39 is 6.10 Å². The first-order valence-electron chi connectivity index (χ1n) is 4.73. The van der Waals surface area contributed by atoms with Gasteiger partial charge in [-0.3, -0.25) is 0 Å². The molecule has 4 nitrogen and oxygen atoms in total. The third kappa shape index (κ3) is 18.7. The normalized spacial score (nSPS) is 11.8. The van der Waals surface area contributed by atoms with Crippen molar-refractivity contribution in [2.24, 2.45) is 0 Å². The van der Waals surface area contributed by atoms with E-state index in [-0.39, 0.29) is 19.8 Å². The molecule has 0 spiro atoms. The van der Waals surface area contributed by atoms with Gasteiger partial charge in [-0.2, -0.15) is 0 Å². The van der Waals surface area contributed by atoms with Crippen molar-refractivity contribution < 1.29 is 20.4 Å². The van der Waals surface area contributed by atoms with Crippen molar-refractivity contribution in [2.75, 3.05) is 19.8 Å². The van der Waals surface area contributed by atoms with Gasteiger partial charge in [0, 0.05) is 13.2 Å². The number of hydrogen-bond acceptors (Lipinski definition) is 4. The lowest BCUT2D eigenvalue weighted by atomic mass is 10.2. The minimum absolute atomic E-state index is 0.115. The predicted octanol–water partition coefficient (Wildman–Crippen LogP) is -0.109. The van der Waals surface area contributed by atoms with Crippen LogP contribution in [0.25, 0.3) is 0 Å². The molecule has 0 aromatic heterocycles. The second kappa shape index (κ2) is 14.4. The van der Waals surface area contributed by atoms with Gasteiger partial charge in [0.25, 0.3) is 0 Å². The molecule has 0 aliphatic rings. The molecule has 0 aliphatic carbocycles. The van der Waals surface area contributed by atoms with Gasteiger partial charge in [0.1, 0.15) is 0 Å². The van der Waals surface area contributed by atoms with Crippen LogP contribution in [0.4, 0.5) is 0 Å². The number of hydrogen-bond donors (Lipinski definition) is 4. The molecule has 1 unspecified atom stereocenters. The Kier molecular flexibility index (Phi) is 16.9. The fourth-order valence-corrected chi connectivity index (χ4v) is 0.529. The molecule has 0 rings (SSSR count). The number of unbranched alkanes of at least 4 members (excludes halogenated alkanes) is 2. The van der Waals surface area contributed by atoms with Gasteiger partial charge < -0.3 is 20.4 Å². The zero-order valence-corrected chi connectivity index (χ0v) is 8.32. The molecule has 0 saturated heterocycles. The van der Waals surface area contributed by atoms with Crippen LogP contribution < -0.4 is 0 Å². The molecule has 0 amide bonds. The molecule has 0 radical (unpaired) electrons. The van der Waals surface area contributed by atoms with Crippen molar-refractivity contribution in [3.05, 3.63) is 0 Å². The molecule has 13 heavy (non-hydrogen) atoms. The quantitative estimate of drug-likeness (QED) is 0.445. The maximum atomic E-state index is 8.42. The van der Waals surface area contributed by atoms with Crippen LogP contribution in [0.15, 0.2) is 0 Å². The van der Waals surface area contributed by atoms with Crippen molar-refractivity contribution in [1.29, 1.82) is 0 Å². The van der Waals surface area contributed by atoms with Crippen LogP contribution in [0.3, 0.4) is 0 Å². The van der Waals surface area contributed by atoms with Crippen molar-refractivity contribution in [3.8, 4) is 0 Å². The van der Waals surface area contributed by atoms with E-state index in [2.05, 4.69) is 0 Å². The summed E-state index contributed by atoms with van der Waals surface area (Å²) in [6.45, 7) is 2.21. The molecular weight excluding hydrogens is 172 g/mol. The molecule has 82 valence electrons. The molecule has 4 N–H and O–H groups in total. The Morgan fingerprint density at radius 3 is 1.54 bits per heavy atom. The first-order valence-corrected chi connectivity index (χ1v) is 4.73. The summed E-state index contributed by atoms with van der Waals surface area (Å²) in [6, 6.07) is 0. The minimum Gasteiger partial charge on any atom is -0.396 e. The van der Waals surface area contributed by atoms with E-state index in [1.165, 1.54) is 0 Å². The number of rotatable bonds is 6. The lowest BCUT2D eigenvalue weighted by Crippen LogP contribution is -2.08. The standard InChI is InChI=1S/C5H12O2.C4H10O2/c6-4-2-1-3-5-7;1-2-4(6)3-5/h6-7H,1-5H2;4-6H,2-3H2,1H3. The molecule has 0 fully saturated rings. The topological polar surface area (TPSA) is 80.9 Å². The predicted molar refractivity (Wildman–Crippen MR) is 51.4 cm³/mol. The third-order valence-electron chi connectivity index (χ3n) is 1.50. The lowest BCUT2D eigenvalue weighted by molar-refractivity contribution is 0.0923. The Morgan fingerprint density at radius 2 is 1.38 bits per heavy atom. The van der Waals surface area contributed by atoms with E-state index in [1.807, 2.05) is 6.92 Å². The fraction of sp³-hybridized carbons (Fsp3) is 1.00. The molecule has 0 saturated carbocycles. The summed E-state index contributed by atoms with van der Waals surface area (Å²) in [6.07, 6.45) is 2.70. The Hall–Kier alpha value is -0.160. The van der Waals surface area contributed by atoms with Crippen molar-refractivity contribution in [3.63, 3.8) is 0 Å². The van der Waals surface area contributed by atoms with Crippen LogP contribution in [0.1, 0.15) is 32.6 Å². The van der Waals surface area contributed by atoms with E-state index in [4.69, 9.17) is 20.4 Å². The van der Waals surface area contributed by atoms with Gasteiger partial charge in [0.2, 0.25) is 0 Å². The van der Waals surface area contributed by atoms with E-state index >= 15 is 0 Å². The number of aliphatic hydroxyl groups excluding tert-OH is 4. The van der Waals surface area contributed by atoms with Gasteiger partial charge in [-0.1, -0.05) is 6.92 Å². The molecule has 0 aliphatic heterocycles. The van der Waals surface area contributed by atoms with Crippen LogP contribution >= 0.6 is 0 Å². The smallest absolute Gasteiger partial charge is 0.0768 e. The molecule has 0 aromatic rings. The first kappa shape index (κ1) is 15.3. The van der Waals surface area contributed by atoms with Crippen molar-refractivity contribution in [2.45, 2.75) is 38.7 Å². The fourth-order valence-electron chi connectivity index (χ4n) is 0.529. The first-order chi connectivity index (χ1) is 6.22. The second-order valence-electron chi connectivity index (χ2n) is 2.75. The Morgan fingerprint density at radius 1 is 0.923 bits per heavy atom. The monoisotopic (exact) mass is 194 g/mol. The van der Waals surface area contributed by atoms with Gasteiger partial charge in [0.05, 0.1) is 12.7 Å². The maximum absolute atomic E-state index is 8.42. The lowest BCUT2D eigenvalue weighted by Gasteiger charge is -1.97. The number of aliphatic hydroxyl groups is 4. The summed E-state index contributed by atoms with van der Waals surface area (Å²) in [7, 11) is 0. The van der Waals surface area contributed by atoms with E-state index in [1.54, 1.807) is 0 Å². The Balaban J connectivity index is 0. The van der Waals surface area contributed by atoms with Gasteiger partial charge in [-0.15, -0.1) is 0 Å². The Bertz CT molecular complexity index is 70.0. The van der Waals surface area contributed by atoms with Gasteiger partial charge in [-0.25, -0.2) is 0 Å². The summed E-state index contributed by atoms with van der Waals surface area (Å²) >= 11 is 0. The SMILES string of the molecule is CCC(O)CO.OCCCCCO. The van der Waals surface area contributed by atoms with E-state index in [0.717, 1.165) is 19.3 Å². The molecule has 4 heteroatoms. The summed E-state index contributed by atoms with van der Waals surface area (Å²) in [5.74, 6) is 0. The maximum Gasteiger partial charge on any atom is 0.0768 e. The van der Waals surface area contributed by atoms with E-state index in [9.17, 15) is 0 Å². The highest BCUT2D eigenvalue weighted by atomic mass is 16.3. The van der Waals surface area contributed by atoms with Gasteiger partial charge in [0.15, 0.2) is 0 Å². The average molecular weight is 194 g/mol. The highest BCUT2D eigenvalue weighted by Crippen LogP contribution is 1.90. The summed E-state index contributed by atoms with van der Waals surface area (Å²) in [4.78, 5) is 0. The zero-order valence-electron chi connectivity index (χ0n) is 8.32. The van der Waals surface area contributed by atoms with Crippen LogP contribution in [0.2, 0.25) is 0 Å². The second-order valence-corrected chi connectivity index (χ2v) is 2.75. The molecule has 0 bridgehead atoms. The Labute approximate surface area is 79.8 Å². The molecule has 1 atom stereocenters. The van der Waals surface area contributed by atoms with Crippen molar-refractivity contribution in [1.82, 2.24) is 0 Å². The highest BCUT2D eigenvalue weighted by Gasteiger charge is 1.92. The largest absolute Gasteiger partial charge is 0.396 e. The molecular formula is C9H22O4. The van der Waals surface area contributed by atoms with Crippen LogP contribution in [0.5, 0.6) is 0 Å². The minimum atomic E-state index is -0.509. The van der Waals surface area contributed by atoms with Crippen molar-refractivity contribution >= 4 is 0 Å². The van der Waals surface area contributed by atoms with E-state index in [0.29, 0.717) is 6.42 Å². The van der Waals surface area contributed by atoms with Gasteiger partial charge in [-0.05, 0) is 25.7 Å². The summed E-state index contributed by atoms with van der Waals surface area (Å²) in [5, 5.41) is 32.9. The van der Waals surface area contributed by atoms with Crippen LogP contribution in [-0.4, -0.2) is 46.4 Å². The third-order valence-corrected chi connectivity index (χ3v) is 1.50. The highest BCUT2D eigenvalue weighted by molar-refractivity contribution is 4.43. The summed E-state index contributed by atoms with van der Waals surface area (Å²) in [5.41, 5.74) is 0. The van der Waals surface area contributed by atoms with Crippen LogP contribution in [-0.2, 0) is 0 Å². The molecule has 0 heterocycles. The zero-order chi connectivity index (χ0) is 10.5. The van der Waals surface area contributed by atoms with Crippen LogP contribution in [0, 0.1) is 0 Å². The summed E-state index contributed by atoms with van der Waals surface area (Å²) < 4.78 is 0.